The zero-order valence-corrected chi connectivity index (χ0v) is 10.8. The minimum atomic E-state index is -2.81. The molecule has 0 radical (unpaired) electrons. The standard InChI is InChI=1S/C7H4BrF2IN2O2/c8-2-3-4(11)1-5(13(14)15)12-6(3)7(9)10/h1,7H,2H2. The molecule has 0 aliphatic heterocycles. The van der Waals surface area contributed by atoms with Gasteiger partial charge in [0.1, 0.15) is 0 Å². The van der Waals surface area contributed by atoms with Crippen LogP contribution in [0.2, 0.25) is 0 Å². The highest BCUT2D eigenvalue weighted by molar-refractivity contribution is 14.1. The van der Waals surface area contributed by atoms with Crippen molar-refractivity contribution in [2.75, 3.05) is 0 Å². The van der Waals surface area contributed by atoms with Gasteiger partial charge >= 0.3 is 12.2 Å². The van der Waals surface area contributed by atoms with E-state index in [4.69, 9.17) is 0 Å². The molecule has 1 heterocycles. The molecule has 0 unspecified atom stereocenters. The highest BCUT2D eigenvalue weighted by Gasteiger charge is 2.25. The third-order valence-corrected chi connectivity index (χ3v) is 3.14. The van der Waals surface area contributed by atoms with E-state index in [9.17, 15) is 18.9 Å². The Kier molecular flexibility index (Phi) is 4.32. The van der Waals surface area contributed by atoms with Crippen LogP contribution in [0.3, 0.4) is 0 Å². The summed E-state index contributed by atoms with van der Waals surface area (Å²) in [6.45, 7) is 0. The smallest absolute Gasteiger partial charge is 0.358 e. The lowest BCUT2D eigenvalue weighted by Crippen LogP contribution is -2.03. The average Bonchev–Trinajstić information content (AvgIpc) is 2.16. The van der Waals surface area contributed by atoms with Crippen molar-refractivity contribution in [3.05, 3.63) is 31.0 Å². The van der Waals surface area contributed by atoms with Gasteiger partial charge in [0, 0.05) is 20.5 Å². The Hall–Kier alpha value is -0.380. The molecule has 0 saturated heterocycles. The topological polar surface area (TPSA) is 56.0 Å². The van der Waals surface area contributed by atoms with E-state index in [0.29, 0.717) is 3.57 Å². The number of hydrogen-bond donors (Lipinski definition) is 0. The molecule has 0 aliphatic rings. The van der Waals surface area contributed by atoms with Crippen molar-refractivity contribution in [2.45, 2.75) is 11.8 Å². The Balaban J connectivity index is 3.38. The number of hydrogen-bond acceptors (Lipinski definition) is 3. The van der Waals surface area contributed by atoms with Crippen molar-refractivity contribution in [1.29, 1.82) is 0 Å². The molecule has 0 aromatic carbocycles. The van der Waals surface area contributed by atoms with Gasteiger partial charge in [0.05, 0.1) is 0 Å². The van der Waals surface area contributed by atoms with E-state index < -0.39 is 22.9 Å². The summed E-state index contributed by atoms with van der Waals surface area (Å²) in [5.41, 5.74) is -0.248. The van der Waals surface area contributed by atoms with Gasteiger partial charge in [0.2, 0.25) is 5.69 Å². The molecular weight excluding hydrogens is 389 g/mol. The molecule has 1 aromatic rings. The zero-order valence-electron chi connectivity index (χ0n) is 7.08. The van der Waals surface area contributed by atoms with Gasteiger partial charge in [-0.3, -0.25) is 0 Å². The highest BCUT2D eigenvalue weighted by Crippen LogP contribution is 2.29. The fourth-order valence-corrected chi connectivity index (χ4v) is 2.81. The maximum Gasteiger partial charge on any atom is 0.364 e. The molecule has 15 heavy (non-hydrogen) atoms. The van der Waals surface area contributed by atoms with E-state index >= 15 is 0 Å². The minimum Gasteiger partial charge on any atom is -0.358 e. The Bertz CT molecular complexity index is 403. The van der Waals surface area contributed by atoms with Crippen LogP contribution in [-0.4, -0.2) is 9.91 Å². The second-order valence-corrected chi connectivity index (χ2v) is 4.24. The molecule has 0 atom stereocenters. The fraction of sp³-hybridized carbons (Fsp3) is 0.286. The third kappa shape index (κ3) is 2.80. The van der Waals surface area contributed by atoms with Crippen LogP contribution in [0.4, 0.5) is 14.6 Å². The van der Waals surface area contributed by atoms with Gasteiger partial charge in [-0.25, -0.2) is 8.78 Å². The Morgan fingerprint density at radius 2 is 2.27 bits per heavy atom. The van der Waals surface area contributed by atoms with E-state index in [1.807, 2.05) is 0 Å². The maximum atomic E-state index is 12.5. The van der Waals surface area contributed by atoms with E-state index in [1.54, 1.807) is 22.6 Å². The van der Waals surface area contributed by atoms with E-state index in [-0.39, 0.29) is 10.9 Å². The molecule has 0 fully saturated rings. The summed E-state index contributed by atoms with van der Waals surface area (Å²) in [5, 5.41) is 10.6. The van der Waals surface area contributed by atoms with Crippen molar-refractivity contribution < 1.29 is 13.7 Å². The maximum absolute atomic E-state index is 12.5. The van der Waals surface area contributed by atoms with Crippen molar-refractivity contribution in [3.8, 4) is 0 Å². The first-order chi connectivity index (χ1) is 6.97. The first-order valence-corrected chi connectivity index (χ1v) is 5.85. The number of alkyl halides is 3. The Morgan fingerprint density at radius 3 is 2.67 bits per heavy atom. The monoisotopic (exact) mass is 392 g/mol. The molecule has 82 valence electrons. The van der Waals surface area contributed by atoms with Crippen LogP contribution < -0.4 is 0 Å². The lowest BCUT2D eigenvalue weighted by molar-refractivity contribution is -0.389. The Labute approximate surface area is 105 Å². The van der Waals surface area contributed by atoms with E-state index in [0.717, 1.165) is 0 Å². The van der Waals surface area contributed by atoms with Crippen LogP contribution in [0, 0.1) is 13.7 Å². The predicted octanol–water partition coefficient (Wildman–Crippen LogP) is 3.43. The van der Waals surface area contributed by atoms with Gasteiger partial charge in [-0.05, 0) is 32.5 Å². The molecule has 0 amide bonds. The lowest BCUT2D eigenvalue weighted by atomic mass is 10.2. The van der Waals surface area contributed by atoms with Gasteiger partial charge in [-0.1, -0.05) is 15.9 Å². The first-order valence-electron chi connectivity index (χ1n) is 3.65. The summed E-state index contributed by atoms with van der Waals surface area (Å²) < 4.78 is 25.5. The summed E-state index contributed by atoms with van der Waals surface area (Å²) in [7, 11) is 0. The number of nitrogens with zero attached hydrogens (tertiary/aromatic N) is 2. The number of nitro groups is 1. The molecule has 0 spiro atoms. The lowest BCUT2D eigenvalue weighted by Gasteiger charge is -2.04. The normalized spacial score (nSPS) is 10.7. The molecule has 0 bridgehead atoms. The molecule has 4 nitrogen and oxygen atoms in total. The third-order valence-electron chi connectivity index (χ3n) is 1.62. The summed E-state index contributed by atoms with van der Waals surface area (Å²) in [6.07, 6.45) is -2.81. The van der Waals surface area contributed by atoms with Crippen LogP contribution in [0.25, 0.3) is 0 Å². The van der Waals surface area contributed by atoms with E-state index in [2.05, 4.69) is 20.9 Å². The molecule has 0 aliphatic carbocycles. The van der Waals surface area contributed by atoms with Gasteiger partial charge in [-0.2, -0.15) is 0 Å². The van der Waals surface area contributed by atoms with Crippen LogP contribution in [0.1, 0.15) is 17.7 Å². The first kappa shape index (κ1) is 12.7. The summed E-state index contributed by atoms with van der Waals surface area (Å²) in [5.74, 6) is -0.556. The van der Waals surface area contributed by atoms with Crippen LogP contribution in [0.5, 0.6) is 0 Å². The van der Waals surface area contributed by atoms with Crippen molar-refractivity contribution in [3.63, 3.8) is 0 Å². The fourth-order valence-electron chi connectivity index (χ4n) is 0.952. The molecule has 1 rings (SSSR count). The van der Waals surface area contributed by atoms with Gasteiger partial charge in [0.15, 0.2) is 0 Å². The van der Waals surface area contributed by atoms with Crippen LogP contribution in [0.15, 0.2) is 6.07 Å². The van der Waals surface area contributed by atoms with Gasteiger partial charge < -0.3 is 10.1 Å². The Morgan fingerprint density at radius 1 is 1.67 bits per heavy atom. The number of rotatable bonds is 3. The van der Waals surface area contributed by atoms with Crippen molar-refractivity contribution in [2.24, 2.45) is 0 Å². The van der Waals surface area contributed by atoms with E-state index in [1.165, 1.54) is 6.07 Å². The number of pyridine rings is 1. The van der Waals surface area contributed by atoms with Gasteiger partial charge in [0.25, 0.3) is 0 Å². The van der Waals surface area contributed by atoms with Crippen molar-refractivity contribution in [1.82, 2.24) is 4.98 Å². The second kappa shape index (κ2) is 5.10. The molecular formula is C7H4BrF2IN2O2. The second-order valence-electron chi connectivity index (χ2n) is 2.52. The summed E-state index contributed by atoms with van der Waals surface area (Å²) >= 11 is 4.81. The molecule has 0 N–H and O–H groups in total. The highest BCUT2D eigenvalue weighted by atomic mass is 127. The van der Waals surface area contributed by atoms with Crippen LogP contribution in [-0.2, 0) is 5.33 Å². The number of halogens is 4. The number of aromatic nitrogens is 1. The predicted molar refractivity (Wildman–Crippen MR) is 61.2 cm³/mol. The molecule has 8 heteroatoms. The average molecular weight is 393 g/mol. The van der Waals surface area contributed by atoms with Gasteiger partial charge in [-0.15, -0.1) is 0 Å². The quantitative estimate of drug-likeness (QED) is 0.343. The van der Waals surface area contributed by atoms with Crippen molar-refractivity contribution >= 4 is 44.3 Å². The van der Waals surface area contributed by atoms with Crippen LogP contribution >= 0.6 is 38.5 Å². The zero-order chi connectivity index (χ0) is 11.6. The summed E-state index contributed by atoms with van der Waals surface area (Å²) in [6, 6.07) is 1.17. The molecule has 0 saturated carbocycles. The summed E-state index contributed by atoms with van der Waals surface area (Å²) in [4.78, 5) is 12.9. The SMILES string of the molecule is O=[N+]([O-])c1cc(I)c(CBr)c(C(F)F)n1. The largest absolute Gasteiger partial charge is 0.364 e. The minimum absolute atomic E-state index is 0.190. The molecule has 1 aromatic heterocycles.